The van der Waals surface area contributed by atoms with E-state index in [-0.39, 0.29) is 0 Å². The molecule has 0 aromatic carbocycles. The second kappa shape index (κ2) is 4.82. The number of aryl methyl sites for hydroxylation is 1. The summed E-state index contributed by atoms with van der Waals surface area (Å²) in [5, 5.41) is 10.4. The maximum Gasteiger partial charge on any atom is 0.147 e. The van der Waals surface area contributed by atoms with Crippen molar-refractivity contribution < 1.29 is 0 Å². The van der Waals surface area contributed by atoms with Crippen molar-refractivity contribution >= 4 is 11.6 Å². The van der Waals surface area contributed by atoms with Crippen LogP contribution < -0.4 is 10.6 Å². The van der Waals surface area contributed by atoms with Crippen LogP contribution in [0.25, 0.3) is 0 Å². The average molecular weight is 232 g/mol. The molecule has 6 nitrogen and oxygen atoms in total. The molecule has 17 heavy (non-hydrogen) atoms. The van der Waals surface area contributed by atoms with Gasteiger partial charge in [-0.05, 0) is 6.92 Å². The highest BCUT2D eigenvalue weighted by atomic mass is 15.3. The molecule has 0 aliphatic rings. The Kier molecular flexibility index (Phi) is 3.22. The molecule has 2 rings (SSSR count). The molecule has 90 valence electrons. The van der Waals surface area contributed by atoms with Gasteiger partial charge >= 0.3 is 0 Å². The van der Waals surface area contributed by atoms with Crippen molar-refractivity contribution in [2.45, 2.75) is 13.5 Å². The van der Waals surface area contributed by atoms with E-state index < -0.39 is 0 Å². The molecule has 0 aliphatic heterocycles. The van der Waals surface area contributed by atoms with Crippen molar-refractivity contribution in [1.82, 2.24) is 19.7 Å². The van der Waals surface area contributed by atoms with Gasteiger partial charge in [0.25, 0.3) is 0 Å². The molecule has 6 heteroatoms. The topological polar surface area (TPSA) is 67.7 Å². The minimum atomic E-state index is 0.696. The summed E-state index contributed by atoms with van der Waals surface area (Å²) >= 11 is 0. The van der Waals surface area contributed by atoms with Crippen LogP contribution in [0, 0.1) is 6.92 Å². The molecule has 0 amide bonds. The average Bonchev–Trinajstić information content (AvgIpc) is 2.68. The minimum Gasteiger partial charge on any atom is -0.372 e. The van der Waals surface area contributed by atoms with Crippen molar-refractivity contribution in [3.05, 3.63) is 29.8 Å². The third kappa shape index (κ3) is 2.52. The second-order valence-corrected chi connectivity index (χ2v) is 3.77. The standard InChI is InChI=1S/C11H16N6/c1-8-9(5-15-17(8)3)4-14-11-7-13-6-10(12-2)16-11/h5-7H,4H2,1-3H3,(H2,12,14,16). The molecule has 0 aliphatic carbocycles. The molecule has 0 saturated carbocycles. The predicted molar refractivity (Wildman–Crippen MR) is 66.9 cm³/mol. The monoisotopic (exact) mass is 232 g/mol. The van der Waals surface area contributed by atoms with Gasteiger partial charge in [-0.2, -0.15) is 5.10 Å². The van der Waals surface area contributed by atoms with E-state index in [1.807, 2.05) is 31.9 Å². The normalized spacial score (nSPS) is 10.3. The van der Waals surface area contributed by atoms with Gasteiger partial charge in [-0.15, -0.1) is 0 Å². The molecule has 2 aromatic heterocycles. The smallest absolute Gasteiger partial charge is 0.147 e. The minimum absolute atomic E-state index is 0.696. The lowest BCUT2D eigenvalue weighted by Crippen LogP contribution is -2.04. The number of anilines is 2. The fourth-order valence-corrected chi connectivity index (χ4v) is 1.48. The second-order valence-electron chi connectivity index (χ2n) is 3.77. The third-order valence-electron chi connectivity index (χ3n) is 2.69. The predicted octanol–water partition coefficient (Wildman–Crippen LogP) is 1.17. The highest BCUT2D eigenvalue weighted by Crippen LogP contribution is 2.10. The molecule has 2 aromatic rings. The van der Waals surface area contributed by atoms with Gasteiger partial charge in [0, 0.05) is 31.9 Å². The quantitative estimate of drug-likeness (QED) is 0.828. The fourth-order valence-electron chi connectivity index (χ4n) is 1.48. The Morgan fingerprint density at radius 1 is 1.24 bits per heavy atom. The van der Waals surface area contributed by atoms with Crippen LogP contribution in [-0.2, 0) is 13.6 Å². The summed E-state index contributed by atoms with van der Waals surface area (Å²) in [7, 11) is 3.75. The molecule has 2 heterocycles. The van der Waals surface area contributed by atoms with E-state index in [2.05, 4.69) is 25.7 Å². The van der Waals surface area contributed by atoms with Gasteiger partial charge in [-0.1, -0.05) is 0 Å². The molecule has 0 spiro atoms. The summed E-state index contributed by atoms with van der Waals surface area (Å²) < 4.78 is 1.85. The lowest BCUT2D eigenvalue weighted by molar-refractivity contribution is 0.738. The summed E-state index contributed by atoms with van der Waals surface area (Å²) in [6.07, 6.45) is 5.24. The van der Waals surface area contributed by atoms with E-state index in [0.29, 0.717) is 6.54 Å². The van der Waals surface area contributed by atoms with Crippen LogP contribution >= 0.6 is 0 Å². The largest absolute Gasteiger partial charge is 0.372 e. The first kappa shape index (κ1) is 11.4. The molecular weight excluding hydrogens is 216 g/mol. The van der Waals surface area contributed by atoms with Gasteiger partial charge in [-0.3, -0.25) is 9.67 Å². The van der Waals surface area contributed by atoms with E-state index in [1.165, 1.54) is 0 Å². The zero-order valence-electron chi connectivity index (χ0n) is 10.2. The molecule has 0 radical (unpaired) electrons. The first-order valence-electron chi connectivity index (χ1n) is 5.42. The van der Waals surface area contributed by atoms with Crippen LogP contribution in [0.5, 0.6) is 0 Å². The molecular formula is C11H16N6. The zero-order chi connectivity index (χ0) is 12.3. The highest BCUT2D eigenvalue weighted by Gasteiger charge is 2.03. The molecule has 0 bridgehead atoms. The van der Waals surface area contributed by atoms with Crippen LogP contribution in [0.2, 0.25) is 0 Å². The van der Waals surface area contributed by atoms with Gasteiger partial charge in [-0.25, -0.2) is 4.98 Å². The molecule has 0 saturated heterocycles. The Morgan fingerprint density at radius 3 is 2.65 bits per heavy atom. The van der Waals surface area contributed by atoms with Gasteiger partial charge in [0.15, 0.2) is 0 Å². The summed E-state index contributed by atoms with van der Waals surface area (Å²) in [6.45, 7) is 2.74. The molecule has 0 atom stereocenters. The van der Waals surface area contributed by atoms with Gasteiger partial charge < -0.3 is 10.6 Å². The number of hydrogen-bond acceptors (Lipinski definition) is 5. The maximum absolute atomic E-state index is 4.33. The zero-order valence-corrected chi connectivity index (χ0v) is 10.2. The first-order valence-corrected chi connectivity index (χ1v) is 5.42. The first-order chi connectivity index (χ1) is 8.20. The van der Waals surface area contributed by atoms with E-state index in [9.17, 15) is 0 Å². The number of nitrogens with zero attached hydrogens (tertiary/aromatic N) is 4. The summed E-state index contributed by atoms with van der Waals surface area (Å²) in [5.74, 6) is 1.50. The van der Waals surface area contributed by atoms with Crippen molar-refractivity contribution in [3.63, 3.8) is 0 Å². The Morgan fingerprint density at radius 2 is 2.00 bits per heavy atom. The number of aromatic nitrogens is 4. The number of nitrogens with one attached hydrogen (secondary N) is 2. The Balaban J connectivity index is 2.04. The van der Waals surface area contributed by atoms with Crippen LogP contribution in [0.4, 0.5) is 11.6 Å². The van der Waals surface area contributed by atoms with E-state index in [0.717, 1.165) is 22.9 Å². The fraction of sp³-hybridized carbons (Fsp3) is 0.364. The van der Waals surface area contributed by atoms with Crippen molar-refractivity contribution in [3.8, 4) is 0 Å². The summed E-state index contributed by atoms with van der Waals surface area (Å²) in [6, 6.07) is 0. The lowest BCUT2D eigenvalue weighted by atomic mass is 10.2. The van der Waals surface area contributed by atoms with Gasteiger partial charge in [0.1, 0.15) is 11.6 Å². The van der Waals surface area contributed by atoms with Crippen LogP contribution in [0.1, 0.15) is 11.3 Å². The Hall–Kier alpha value is -2.11. The Labute approximate surface area is 100 Å². The maximum atomic E-state index is 4.33. The van der Waals surface area contributed by atoms with Crippen LogP contribution in [0.3, 0.4) is 0 Å². The van der Waals surface area contributed by atoms with Crippen molar-refractivity contribution in [2.24, 2.45) is 7.05 Å². The van der Waals surface area contributed by atoms with Crippen LogP contribution in [0.15, 0.2) is 18.6 Å². The SMILES string of the molecule is CNc1cncc(NCc2cnn(C)c2C)n1. The van der Waals surface area contributed by atoms with E-state index in [4.69, 9.17) is 0 Å². The van der Waals surface area contributed by atoms with Crippen LogP contribution in [-0.4, -0.2) is 26.8 Å². The van der Waals surface area contributed by atoms with Crippen molar-refractivity contribution in [2.75, 3.05) is 17.7 Å². The van der Waals surface area contributed by atoms with Gasteiger partial charge in [0.2, 0.25) is 0 Å². The summed E-state index contributed by atoms with van der Waals surface area (Å²) in [4.78, 5) is 8.42. The van der Waals surface area contributed by atoms with Gasteiger partial charge in [0.05, 0.1) is 18.6 Å². The highest BCUT2D eigenvalue weighted by molar-refractivity contribution is 5.41. The van der Waals surface area contributed by atoms with E-state index >= 15 is 0 Å². The summed E-state index contributed by atoms with van der Waals surface area (Å²) in [5.41, 5.74) is 2.30. The lowest BCUT2D eigenvalue weighted by Gasteiger charge is -2.06. The number of rotatable bonds is 4. The molecule has 0 fully saturated rings. The van der Waals surface area contributed by atoms with E-state index in [1.54, 1.807) is 12.4 Å². The molecule has 0 unspecified atom stereocenters. The number of hydrogen-bond donors (Lipinski definition) is 2. The third-order valence-corrected chi connectivity index (χ3v) is 2.69. The molecule has 2 N–H and O–H groups in total. The van der Waals surface area contributed by atoms with Crippen molar-refractivity contribution in [1.29, 1.82) is 0 Å². The Bertz CT molecular complexity index is 504.